The zero-order valence-corrected chi connectivity index (χ0v) is 18.0. The standard InChI is InChI=1S/C26H29ClN2/c1-20-17-22(19-29-15-13-28-14-16-29)18-21(2)25(20)26(27,23-9-5-3-6-10-23)24-11-7-4-8-12-24/h3-12,17-18,28H,13-16,19H2,1-2H3. The van der Waals surface area contributed by atoms with Gasteiger partial charge in [0.1, 0.15) is 4.87 Å². The molecule has 1 aliphatic heterocycles. The van der Waals surface area contributed by atoms with Gasteiger partial charge in [0.05, 0.1) is 0 Å². The predicted molar refractivity (Wildman–Crippen MR) is 123 cm³/mol. The second kappa shape index (κ2) is 8.71. The highest BCUT2D eigenvalue weighted by Crippen LogP contribution is 2.45. The molecule has 3 aromatic rings. The quantitative estimate of drug-likeness (QED) is 0.462. The summed E-state index contributed by atoms with van der Waals surface area (Å²) in [6, 6.07) is 25.5. The van der Waals surface area contributed by atoms with Crippen LogP contribution in [0.3, 0.4) is 0 Å². The van der Waals surface area contributed by atoms with E-state index in [4.69, 9.17) is 11.6 Å². The fourth-order valence-electron chi connectivity index (χ4n) is 4.61. The van der Waals surface area contributed by atoms with Crippen LogP contribution in [0.4, 0.5) is 0 Å². The van der Waals surface area contributed by atoms with Crippen LogP contribution in [0.2, 0.25) is 0 Å². The van der Waals surface area contributed by atoms with E-state index in [1.807, 2.05) is 12.1 Å². The third-order valence-corrected chi connectivity index (χ3v) is 6.52. The van der Waals surface area contributed by atoms with Crippen molar-refractivity contribution in [2.75, 3.05) is 26.2 Å². The Morgan fingerprint density at radius 3 is 1.79 bits per heavy atom. The van der Waals surface area contributed by atoms with Crippen molar-refractivity contribution in [2.24, 2.45) is 0 Å². The molecular formula is C26H29ClN2. The molecule has 0 aliphatic carbocycles. The number of hydrogen-bond donors (Lipinski definition) is 1. The van der Waals surface area contributed by atoms with Crippen LogP contribution in [0.25, 0.3) is 0 Å². The molecule has 3 aromatic carbocycles. The van der Waals surface area contributed by atoms with Crippen LogP contribution in [0.5, 0.6) is 0 Å². The molecule has 0 saturated carbocycles. The maximum atomic E-state index is 7.55. The normalized spacial score (nSPS) is 15.4. The maximum absolute atomic E-state index is 7.55. The van der Waals surface area contributed by atoms with Crippen molar-refractivity contribution in [1.29, 1.82) is 0 Å². The molecule has 0 aromatic heterocycles. The molecule has 1 fully saturated rings. The average molecular weight is 405 g/mol. The topological polar surface area (TPSA) is 15.3 Å². The number of alkyl halides is 1. The lowest BCUT2D eigenvalue weighted by Crippen LogP contribution is -2.42. The summed E-state index contributed by atoms with van der Waals surface area (Å²) >= 11 is 7.55. The van der Waals surface area contributed by atoms with Gasteiger partial charge in [0.2, 0.25) is 0 Å². The molecule has 1 heterocycles. The zero-order valence-electron chi connectivity index (χ0n) is 17.3. The van der Waals surface area contributed by atoms with Gasteiger partial charge in [-0.3, -0.25) is 4.90 Å². The van der Waals surface area contributed by atoms with Crippen molar-refractivity contribution in [3.05, 3.63) is 106 Å². The van der Waals surface area contributed by atoms with Crippen molar-refractivity contribution in [1.82, 2.24) is 10.2 Å². The Labute approximate surface area is 179 Å². The molecule has 29 heavy (non-hydrogen) atoms. The van der Waals surface area contributed by atoms with E-state index in [9.17, 15) is 0 Å². The highest BCUT2D eigenvalue weighted by molar-refractivity contribution is 6.28. The first-order valence-corrected chi connectivity index (χ1v) is 10.8. The lowest BCUT2D eigenvalue weighted by atomic mass is 9.79. The Kier molecular flexibility index (Phi) is 6.05. The van der Waals surface area contributed by atoms with E-state index in [-0.39, 0.29) is 0 Å². The molecule has 0 amide bonds. The number of benzene rings is 3. The molecular weight excluding hydrogens is 376 g/mol. The Morgan fingerprint density at radius 2 is 1.31 bits per heavy atom. The molecule has 0 unspecified atom stereocenters. The van der Waals surface area contributed by atoms with Crippen LogP contribution < -0.4 is 5.32 Å². The third-order valence-electron chi connectivity index (χ3n) is 5.90. The Bertz CT molecular complexity index is 884. The van der Waals surface area contributed by atoms with E-state index in [1.165, 1.54) is 22.3 Å². The SMILES string of the molecule is Cc1cc(CN2CCNCC2)cc(C)c1C(Cl)(c1ccccc1)c1ccccc1. The monoisotopic (exact) mass is 404 g/mol. The van der Waals surface area contributed by atoms with Crippen molar-refractivity contribution < 1.29 is 0 Å². The van der Waals surface area contributed by atoms with Gasteiger partial charge in [0, 0.05) is 32.7 Å². The van der Waals surface area contributed by atoms with Crippen molar-refractivity contribution >= 4 is 11.6 Å². The average Bonchev–Trinajstić information content (AvgIpc) is 2.75. The van der Waals surface area contributed by atoms with Gasteiger partial charge in [0.15, 0.2) is 0 Å². The number of nitrogens with zero attached hydrogens (tertiary/aromatic N) is 1. The summed E-state index contributed by atoms with van der Waals surface area (Å²) in [6.07, 6.45) is 0. The number of hydrogen-bond acceptors (Lipinski definition) is 2. The lowest BCUT2D eigenvalue weighted by molar-refractivity contribution is 0.233. The van der Waals surface area contributed by atoms with Gasteiger partial charge in [-0.05, 0) is 47.2 Å². The van der Waals surface area contributed by atoms with Crippen molar-refractivity contribution in [3.8, 4) is 0 Å². The first-order valence-electron chi connectivity index (χ1n) is 10.4. The van der Waals surface area contributed by atoms with E-state index < -0.39 is 4.87 Å². The Morgan fingerprint density at radius 1 is 0.828 bits per heavy atom. The third kappa shape index (κ3) is 4.11. The molecule has 1 N–H and O–H groups in total. The molecule has 0 bridgehead atoms. The van der Waals surface area contributed by atoms with Crippen LogP contribution in [0.1, 0.15) is 33.4 Å². The smallest absolute Gasteiger partial charge is 0.120 e. The molecule has 1 saturated heterocycles. The summed E-state index contributed by atoms with van der Waals surface area (Å²) in [7, 11) is 0. The molecule has 150 valence electrons. The van der Waals surface area contributed by atoms with Crippen LogP contribution in [-0.2, 0) is 11.4 Å². The predicted octanol–water partition coefficient (Wildman–Crippen LogP) is 5.24. The Hall–Kier alpha value is -2.13. The van der Waals surface area contributed by atoms with E-state index in [2.05, 4.69) is 84.7 Å². The van der Waals surface area contributed by atoms with E-state index in [0.717, 1.165) is 43.9 Å². The van der Waals surface area contributed by atoms with Gasteiger partial charge in [-0.2, -0.15) is 0 Å². The van der Waals surface area contributed by atoms with Gasteiger partial charge in [-0.25, -0.2) is 0 Å². The molecule has 3 heteroatoms. The fraction of sp³-hybridized carbons (Fsp3) is 0.308. The second-order valence-corrected chi connectivity index (χ2v) is 8.59. The highest BCUT2D eigenvalue weighted by atomic mass is 35.5. The summed E-state index contributed by atoms with van der Waals surface area (Å²) in [5, 5.41) is 3.43. The zero-order chi connectivity index (χ0) is 20.3. The van der Waals surface area contributed by atoms with E-state index in [1.54, 1.807) is 0 Å². The number of nitrogens with one attached hydrogen (secondary N) is 1. The minimum absolute atomic E-state index is 0.704. The van der Waals surface area contributed by atoms with Crippen LogP contribution in [-0.4, -0.2) is 31.1 Å². The summed E-state index contributed by atoms with van der Waals surface area (Å²) in [4.78, 5) is 1.82. The van der Waals surface area contributed by atoms with Gasteiger partial charge in [0.25, 0.3) is 0 Å². The van der Waals surface area contributed by atoms with E-state index >= 15 is 0 Å². The fourth-order valence-corrected chi connectivity index (χ4v) is 5.16. The molecule has 2 nitrogen and oxygen atoms in total. The van der Waals surface area contributed by atoms with Crippen molar-refractivity contribution in [2.45, 2.75) is 25.3 Å². The number of rotatable bonds is 5. The van der Waals surface area contributed by atoms with Crippen molar-refractivity contribution in [3.63, 3.8) is 0 Å². The highest BCUT2D eigenvalue weighted by Gasteiger charge is 2.36. The molecule has 1 aliphatic rings. The Balaban J connectivity index is 1.79. The van der Waals surface area contributed by atoms with Crippen LogP contribution in [0, 0.1) is 13.8 Å². The van der Waals surface area contributed by atoms with Gasteiger partial charge >= 0.3 is 0 Å². The minimum atomic E-state index is -0.704. The molecule has 0 spiro atoms. The van der Waals surface area contributed by atoms with Gasteiger partial charge < -0.3 is 5.32 Å². The second-order valence-electron chi connectivity index (χ2n) is 8.02. The summed E-state index contributed by atoms with van der Waals surface area (Å²) in [5.41, 5.74) is 7.27. The molecule has 0 radical (unpaired) electrons. The molecule has 0 atom stereocenters. The number of halogens is 1. The lowest BCUT2D eigenvalue weighted by Gasteiger charge is -2.33. The van der Waals surface area contributed by atoms with Crippen LogP contribution in [0.15, 0.2) is 72.8 Å². The molecule has 4 rings (SSSR count). The first kappa shape index (κ1) is 20.2. The summed E-state index contributed by atoms with van der Waals surface area (Å²) in [5.74, 6) is 0. The summed E-state index contributed by atoms with van der Waals surface area (Å²) in [6.45, 7) is 9.75. The summed E-state index contributed by atoms with van der Waals surface area (Å²) < 4.78 is 0. The number of piperazine rings is 1. The number of aryl methyl sites for hydroxylation is 2. The largest absolute Gasteiger partial charge is 0.314 e. The van der Waals surface area contributed by atoms with E-state index in [0.29, 0.717) is 0 Å². The van der Waals surface area contributed by atoms with Crippen LogP contribution >= 0.6 is 11.6 Å². The minimum Gasteiger partial charge on any atom is -0.314 e. The van der Waals surface area contributed by atoms with Gasteiger partial charge in [-0.15, -0.1) is 11.6 Å². The van der Waals surface area contributed by atoms with Gasteiger partial charge in [-0.1, -0.05) is 72.8 Å². The first-order chi connectivity index (χ1) is 14.1. The maximum Gasteiger partial charge on any atom is 0.120 e.